The highest BCUT2D eigenvalue weighted by Crippen LogP contribution is 2.34. The molecule has 1 N–H and O–H groups in total. The van der Waals surface area contributed by atoms with Gasteiger partial charge in [0.2, 0.25) is 0 Å². The van der Waals surface area contributed by atoms with Crippen molar-refractivity contribution in [2.24, 2.45) is 5.41 Å². The third kappa shape index (κ3) is 3.25. The zero-order valence-electron chi connectivity index (χ0n) is 13.1. The monoisotopic (exact) mass is 332 g/mol. The van der Waals surface area contributed by atoms with Gasteiger partial charge in [0.05, 0.1) is 6.20 Å². The van der Waals surface area contributed by atoms with Crippen molar-refractivity contribution in [2.75, 3.05) is 19.7 Å². The van der Waals surface area contributed by atoms with Crippen molar-refractivity contribution in [3.8, 4) is 10.7 Å². The first kappa shape index (κ1) is 16.0. The van der Waals surface area contributed by atoms with Gasteiger partial charge in [-0.2, -0.15) is 0 Å². The van der Waals surface area contributed by atoms with Gasteiger partial charge in [-0.15, -0.1) is 11.3 Å². The van der Waals surface area contributed by atoms with Crippen LogP contribution in [-0.2, 0) is 0 Å². The molecule has 3 rings (SSSR count). The number of carbonyl (C=O) groups excluding carboxylic acids is 1. The van der Waals surface area contributed by atoms with E-state index >= 15 is 0 Å². The molecule has 7 heteroatoms. The van der Waals surface area contributed by atoms with Crippen molar-refractivity contribution in [1.82, 2.24) is 19.9 Å². The minimum absolute atomic E-state index is 0.0242. The van der Waals surface area contributed by atoms with Gasteiger partial charge in [0.25, 0.3) is 5.91 Å². The van der Waals surface area contributed by atoms with Crippen LogP contribution in [-0.4, -0.2) is 50.6 Å². The molecule has 1 fully saturated rings. The number of likely N-dealkylation sites (tertiary alicyclic amines) is 1. The van der Waals surface area contributed by atoms with Crippen molar-refractivity contribution >= 4 is 17.2 Å². The molecule has 0 atom stereocenters. The number of carbonyl (C=O) groups is 1. The summed E-state index contributed by atoms with van der Waals surface area (Å²) in [5.74, 6) is -0.0426. The second-order valence-electron chi connectivity index (χ2n) is 5.93. The first-order chi connectivity index (χ1) is 11.2. The van der Waals surface area contributed by atoms with Crippen molar-refractivity contribution < 1.29 is 9.90 Å². The molecule has 2 aromatic rings. The van der Waals surface area contributed by atoms with Crippen LogP contribution in [0.5, 0.6) is 0 Å². The maximum absolute atomic E-state index is 12.6. The highest BCUT2D eigenvalue weighted by atomic mass is 32.1. The molecule has 1 amide bonds. The van der Waals surface area contributed by atoms with Crippen LogP contribution in [0.4, 0.5) is 0 Å². The summed E-state index contributed by atoms with van der Waals surface area (Å²) in [4.78, 5) is 27.1. The first-order valence-corrected chi connectivity index (χ1v) is 8.67. The second-order valence-corrected chi connectivity index (χ2v) is 6.79. The molecule has 1 aliphatic rings. The number of thiazole rings is 1. The standard InChI is InChI=1S/C16H20N4O2S/c1-2-16(11-21)3-7-20(8-4-16)15(22)13-10-23-14(19-13)12-9-17-5-6-18-12/h5-6,9-10,21H,2-4,7-8,11H2,1H3. The van der Waals surface area contributed by atoms with Gasteiger partial charge >= 0.3 is 0 Å². The van der Waals surface area contributed by atoms with Gasteiger partial charge in [0, 0.05) is 37.5 Å². The Labute approximate surface area is 139 Å². The highest BCUT2D eigenvalue weighted by Gasteiger charge is 2.34. The zero-order valence-corrected chi connectivity index (χ0v) is 13.9. The third-order valence-corrected chi connectivity index (χ3v) is 5.57. The Morgan fingerprint density at radius 2 is 2.17 bits per heavy atom. The van der Waals surface area contributed by atoms with E-state index < -0.39 is 0 Å². The third-order valence-electron chi connectivity index (χ3n) is 4.70. The van der Waals surface area contributed by atoms with Crippen molar-refractivity contribution in [3.63, 3.8) is 0 Å². The summed E-state index contributed by atoms with van der Waals surface area (Å²) in [5.41, 5.74) is 1.12. The Kier molecular flexibility index (Phi) is 4.68. The number of hydrogen-bond acceptors (Lipinski definition) is 6. The van der Waals surface area contributed by atoms with Gasteiger partial charge < -0.3 is 10.0 Å². The summed E-state index contributed by atoms with van der Waals surface area (Å²) in [7, 11) is 0. The van der Waals surface area contributed by atoms with E-state index in [0.717, 1.165) is 19.3 Å². The minimum Gasteiger partial charge on any atom is -0.396 e. The van der Waals surface area contributed by atoms with Gasteiger partial charge in [-0.1, -0.05) is 6.92 Å². The van der Waals surface area contributed by atoms with E-state index in [1.165, 1.54) is 11.3 Å². The van der Waals surface area contributed by atoms with Crippen LogP contribution in [0.1, 0.15) is 36.7 Å². The minimum atomic E-state index is -0.0426. The molecule has 23 heavy (non-hydrogen) atoms. The Balaban J connectivity index is 1.69. The molecule has 0 aromatic carbocycles. The summed E-state index contributed by atoms with van der Waals surface area (Å²) in [6.07, 6.45) is 7.49. The molecule has 122 valence electrons. The van der Waals surface area contributed by atoms with Gasteiger partial charge in [0.1, 0.15) is 16.4 Å². The highest BCUT2D eigenvalue weighted by molar-refractivity contribution is 7.13. The van der Waals surface area contributed by atoms with Gasteiger partial charge in [-0.3, -0.25) is 14.8 Å². The van der Waals surface area contributed by atoms with E-state index in [1.807, 2.05) is 4.90 Å². The fourth-order valence-electron chi connectivity index (χ4n) is 2.87. The normalized spacial score (nSPS) is 17.2. The SMILES string of the molecule is CCC1(CO)CCN(C(=O)c2csc(-c3cnccn3)n2)CC1. The first-order valence-electron chi connectivity index (χ1n) is 7.79. The molecule has 0 aliphatic carbocycles. The molecule has 0 bridgehead atoms. The van der Waals surface area contributed by atoms with Crippen LogP contribution < -0.4 is 0 Å². The Morgan fingerprint density at radius 1 is 1.39 bits per heavy atom. The second kappa shape index (κ2) is 6.72. The summed E-state index contributed by atoms with van der Waals surface area (Å²) in [5, 5.41) is 12.1. The molecular formula is C16H20N4O2S. The van der Waals surface area contributed by atoms with Gasteiger partial charge in [-0.05, 0) is 24.7 Å². The smallest absolute Gasteiger partial charge is 0.273 e. The zero-order chi connectivity index (χ0) is 16.3. The lowest BCUT2D eigenvalue weighted by atomic mass is 9.77. The fraction of sp³-hybridized carbons (Fsp3) is 0.500. The number of aliphatic hydroxyl groups excluding tert-OH is 1. The molecule has 0 spiro atoms. The Bertz CT molecular complexity index is 660. The summed E-state index contributed by atoms with van der Waals surface area (Å²) >= 11 is 1.40. The lowest BCUT2D eigenvalue weighted by molar-refractivity contribution is 0.0335. The average molecular weight is 332 g/mol. The van der Waals surface area contributed by atoms with Gasteiger partial charge in [0.15, 0.2) is 0 Å². The lowest BCUT2D eigenvalue weighted by Crippen LogP contribution is -2.44. The summed E-state index contributed by atoms with van der Waals surface area (Å²) < 4.78 is 0. The predicted octanol–water partition coefficient (Wildman–Crippen LogP) is 2.22. The number of piperidine rings is 1. The predicted molar refractivity (Wildman–Crippen MR) is 88.1 cm³/mol. The quantitative estimate of drug-likeness (QED) is 0.929. The number of aliphatic hydroxyl groups is 1. The van der Waals surface area contributed by atoms with E-state index in [9.17, 15) is 9.90 Å². The van der Waals surface area contributed by atoms with Crippen LogP contribution in [0.2, 0.25) is 0 Å². The van der Waals surface area contributed by atoms with Crippen molar-refractivity contribution in [1.29, 1.82) is 0 Å². The van der Waals surface area contributed by atoms with Crippen molar-refractivity contribution in [2.45, 2.75) is 26.2 Å². The molecule has 1 aliphatic heterocycles. The van der Waals surface area contributed by atoms with Gasteiger partial charge in [-0.25, -0.2) is 4.98 Å². The molecule has 0 unspecified atom stereocenters. The van der Waals surface area contributed by atoms with Crippen LogP contribution in [0.3, 0.4) is 0 Å². The lowest BCUT2D eigenvalue weighted by Gasteiger charge is -2.40. The molecule has 3 heterocycles. The number of aromatic nitrogens is 3. The number of amides is 1. The average Bonchev–Trinajstić information content (AvgIpc) is 3.12. The summed E-state index contributed by atoms with van der Waals surface area (Å²) in [6, 6.07) is 0. The largest absolute Gasteiger partial charge is 0.396 e. The van der Waals surface area contributed by atoms with E-state index in [0.29, 0.717) is 29.5 Å². The van der Waals surface area contributed by atoms with E-state index in [1.54, 1.807) is 24.0 Å². The molecular weight excluding hydrogens is 312 g/mol. The molecule has 0 saturated carbocycles. The van der Waals surface area contributed by atoms with Crippen LogP contribution in [0.25, 0.3) is 10.7 Å². The Morgan fingerprint density at radius 3 is 2.78 bits per heavy atom. The number of hydrogen-bond donors (Lipinski definition) is 1. The molecule has 2 aromatic heterocycles. The molecule has 0 radical (unpaired) electrons. The van der Waals surface area contributed by atoms with Crippen LogP contribution in [0.15, 0.2) is 24.0 Å². The van der Waals surface area contributed by atoms with E-state index in [-0.39, 0.29) is 17.9 Å². The summed E-state index contributed by atoms with van der Waals surface area (Å²) in [6.45, 7) is 3.64. The van der Waals surface area contributed by atoms with E-state index in [4.69, 9.17) is 0 Å². The maximum atomic E-state index is 12.6. The molecule has 6 nitrogen and oxygen atoms in total. The van der Waals surface area contributed by atoms with Crippen LogP contribution >= 0.6 is 11.3 Å². The number of rotatable bonds is 4. The topological polar surface area (TPSA) is 79.2 Å². The maximum Gasteiger partial charge on any atom is 0.273 e. The fourth-order valence-corrected chi connectivity index (χ4v) is 3.62. The van der Waals surface area contributed by atoms with E-state index in [2.05, 4.69) is 21.9 Å². The molecule has 1 saturated heterocycles. The number of nitrogens with zero attached hydrogens (tertiary/aromatic N) is 4. The van der Waals surface area contributed by atoms with Crippen LogP contribution in [0, 0.1) is 5.41 Å². The van der Waals surface area contributed by atoms with Crippen molar-refractivity contribution in [3.05, 3.63) is 29.7 Å². The Hall–Kier alpha value is -1.86.